The molecule has 3 rings (SSSR count). The lowest BCUT2D eigenvalue weighted by molar-refractivity contribution is 0.0124. The number of carbonyl (C=O) groups is 1. The highest BCUT2D eigenvalue weighted by Gasteiger charge is 2.23. The van der Waals surface area contributed by atoms with E-state index in [1.54, 1.807) is 10.7 Å². The molecule has 7 heteroatoms. The van der Waals surface area contributed by atoms with E-state index in [9.17, 15) is 4.79 Å². The van der Waals surface area contributed by atoms with Gasteiger partial charge in [0.15, 0.2) is 5.65 Å². The van der Waals surface area contributed by atoms with Crippen molar-refractivity contribution in [3.63, 3.8) is 0 Å². The van der Waals surface area contributed by atoms with Crippen molar-refractivity contribution in [2.24, 2.45) is 5.92 Å². The van der Waals surface area contributed by atoms with E-state index in [-0.39, 0.29) is 5.91 Å². The van der Waals surface area contributed by atoms with Crippen LogP contribution < -0.4 is 5.32 Å². The maximum absolute atomic E-state index is 12.8. The standard InChI is InChI=1S/C19H29N5O2/c1-13(2)9-16(23-5-7-26-8-6-23)11-20-19(25)17-12-21-24-15(4)10-14(3)22-18(17)24/h10,12-13,16H,5-9,11H2,1-4H3,(H,20,25). The summed E-state index contributed by atoms with van der Waals surface area (Å²) in [6.07, 6.45) is 2.65. The largest absolute Gasteiger partial charge is 0.379 e. The number of hydrogen-bond donors (Lipinski definition) is 1. The van der Waals surface area contributed by atoms with E-state index in [1.807, 2.05) is 19.9 Å². The molecule has 1 saturated heterocycles. The Morgan fingerprint density at radius 1 is 1.31 bits per heavy atom. The van der Waals surface area contributed by atoms with E-state index in [0.717, 1.165) is 44.1 Å². The summed E-state index contributed by atoms with van der Waals surface area (Å²) in [6, 6.07) is 2.28. The first-order chi connectivity index (χ1) is 12.5. The van der Waals surface area contributed by atoms with Gasteiger partial charge < -0.3 is 10.1 Å². The molecule has 7 nitrogen and oxygen atoms in total. The third kappa shape index (κ3) is 4.22. The molecule has 26 heavy (non-hydrogen) atoms. The Hall–Kier alpha value is -1.99. The molecule has 0 aliphatic carbocycles. The molecule has 2 aromatic heterocycles. The van der Waals surface area contributed by atoms with Crippen molar-refractivity contribution in [3.8, 4) is 0 Å². The van der Waals surface area contributed by atoms with Gasteiger partial charge in [-0.05, 0) is 32.3 Å². The monoisotopic (exact) mass is 359 g/mol. The van der Waals surface area contributed by atoms with Crippen LogP contribution in [-0.2, 0) is 4.74 Å². The summed E-state index contributed by atoms with van der Waals surface area (Å²) in [5.74, 6) is 0.461. The predicted octanol–water partition coefficient (Wildman–Crippen LogP) is 1.82. The minimum absolute atomic E-state index is 0.112. The minimum atomic E-state index is -0.112. The molecule has 1 atom stereocenters. The van der Waals surface area contributed by atoms with E-state index in [0.29, 0.717) is 29.7 Å². The summed E-state index contributed by atoms with van der Waals surface area (Å²) in [5.41, 5.74) is 3.00. The predicted molar refractivity (Wildman–Crippen MR) is 100 cm³/mol. The van der Waals surface area contributed by atoms with Crippen molar-refractivity contribution in [2.75, 3.05) is 32.8 Å². The van der Waals surface area contributed by atoms with Gasteiger partial charge in [0, 0.05) is 37.1 Å². The van der Waals surface area contributed by atoms with E-state index < -0.39 is 0 Å². The second-order valence-corrected chi connectivity index (χ2v) is 7.47. The number of aromatic nitrogens is 3. The topological polar surface area (TPSA) is 71.8 Å². The van der Waals surface area contributed by atoms with Crippen LogP contribution in [-0.4, -0.2) is 64.3 Å². The lowest BCUT2D eigenvalue weighted by atomic mass is 10.0. The summed E-state index contributed by atoms with van der Waals surface area (Å²) in [6.45, 7) is 12.3. The van der Waals surface area contributed by atoms with Crippen LogP contribution in [0.1, 0.15) is 42.0 Å². The number of hydrogen-bond acceptors (Lipinski definition) is 5. The van der Waals surface area contributed by atoms with Crippen LogP contribution in [0, 0.1) is 19.8 Å². The first kappa shape index (κ1) is 18.8. The fraction of sp³-hybridized carbons (Fsp3) is 0.632. The smallest absolute Gasteiger partial charge is 0.256 e. The molecular weight excluding hydrogens is 330 g/mol. The molecule has 1 N–H and O–H groups in total. The van der Waals surface area contributed by atoms with Gasteiger partial charge in [-0.1, -0.05) is 13.8 Å². The van der Waals surface area contributed by atoms with Crippen LogP contribution in [0.2, 0.25) is 0 Å². The van der Waals surface area contributed by atoms with Crippen molar-refractivity contribution in [1.29, 1.82) is 0 Å². The highest BCUT2D eigenvalue weighted by molar-refractivity contribution is 5.99. The number of morpholine rings is 1. The maximum atomic E-state index is 12.8. The number of nitrogens with zero attached hydrogens (tertiary/aromatic N) is 4. The normalized spacial score (nSPS) is 17.0. The lowest BCUT2D eigenvalue weighted by Crippen LogP contribution is -2.49. The van der Waals surface area contributed by atoms with E-state index in [2.05, 4.69) is 34.1 Å². The molecule has 0 bridgehead atoms. The van der Waals surface area contributed by atoms with Crippen molar-refractivity contribution in [2.45, 2.75) is 40.2 Å². The van der Waals surface area contributed by atoms with Gasteiger partial charge in [0.25, 0.3) is 5.91 Å². The first-order valence-electron chi connectivity index (χ1n) is 9.37. The van der Waals surface area contributed by atoms with Gasteiger partial charge in [-0.3, -0.25) is 9.69 Å². The lowest BCUT2D eigenvalue weighted by Gasteiger charge is -2.35. The zero-order valence-corrected chi connectivity index (χ0v) is 16.2. The van der Waals surface area contributed by atoms with Crippen LogP contribution in [0.3, 0.4) is 0 Å². The molecule has 0 radical (unpaired) electrons. The molecule has 0 spiro atoms. The van der Waals surface area contributed by atoms with Crippen LogP contribution in [0.5, 0.6) is 0 Å². The summed E-state index contributed by atoms with van der Waals surface area (Å²) in [4.78, 5) is 19.7. The molecule has 1 unspecified atom stereocenters. The third-order valence-electron chi connectivity index (χ3n) is 4.83. The molecule has 0 aromatic carbocycles. The van der Waals surface area contributed by atoms with Crippen molar-refractivity contribution in [1.82, 2.24) is 24.8 Å². The summed E-state index contributed by atoms with van der Waals surface area (Å²) in [5, 5.41) is 7.42. The highest BCUT2D eigenvalue weighted by atomic mass is 16.5. The summed E-state index contributed by atoms with van der Waals surface area (Å²) < 4.78 is 7.18. The quantitative estimate of drug-likeness (QED) is 0.852. The van der Waals surface area contributed by atoms with Crippen LogP contribution >= 0.6 is 0 Å². The van der Waals surface area contributed by atoms with Gasteiger partial charge >= 0.3 is 0 Å². The Kier molecular flexibility index (Phi) is 5.88. The number of fused-ring (bicyclic) bond motifs is 1. The average molecular weight is 359 g/mol. The average Bonchev–Trinajstić information content (AvgIpc) is 3.03. The van der Waals surface area contributed by atoms with Crippen LogP contribution in [0.15, 0.2) is 12.3 Å². The second kappa shape index (κ2) is 8.14. The zero-order chi connectivity index (χ0) is 18.7. The van der Waals surface area contributed by atoms with E-state index in [4.69, 9.17) is 4.74 Å². The van der Waals surface area contributed by atoms with Gasteiger partial charge in [0.2, 0.25) is 0 Å². The fourth-order valence-corrected chi connectivity index (χ4v) is 3.58. The number of ether oxygens (including phenoxy) is 1. The van der Waals surface area contributed by atoms with Crippen LogP contribution in [0.4, 0.5) is 0 Å². The molecule has 0 saturated carbocycles. The summed E-state index contributed by atoms with van der Waals surface area (Å²) >= 11 is 0. The number of carbonyl (C=O) groups excluding carboxylic acids is 1. The summed E-state index contributed by atoms with van der Waals surface area (Å²) in [7, 11) is 0. The van der Waals surface area contributed by atoms with Gasteiger partial charge in [-0.15, -0.1) is 0 Å². The van der Waals surface area contributed by atoms with E-state index >= 15 is 0 Å². The number of rotatable bonds is 6. The molecule has 1 aliphatic rings. The Morgan fingerprint density at radius 3 is 2.73 bits per heavy atom. The number of amides is 1. The Labute approximate surface area is 154 Å². The Balaban J connectivity index is 1.72. The molecule has 1 aliphatic heterocycles. The molecular formula is C19H29N5O2. The first-order valence-corrected chi connectivity index (χ1v) is 9.37. The van der Waals surface area contributed by atoms with Crippen molar-refractivity contribution in [3.05, 3.63) is 29.2 Å². The van der Waals surface area contributed by atoms with Crippen LogP contribution in [0.25, 0.3) is 5.65 Å². The molecule has 1 fully saturated rings. The van der Waals surface area contributed by atoms with Crippen molar-refractivity contribution >= 4 is 11.6 Å². The fourth-order valence-electron chi connectivity index (χ4n) is 3.58. The SMILES string of the molecule is Cc1cc(C)n2ncc(C(=O)NCC(CC(C)C)N3CCOCC3)c2n1. The van der Waals surface area contributed by atoms with Gasteiger partial charge in [-0.2, -0.15) is 5.10 Å². The number of aryl methyl sites for hydroxylation is 2. The highest BCUT2D eigenvalue weighted by Crippen LogP contribution is 2.15. The van der Waals surface area contributed by atoms with Crippen molar-refractivity contribution < 1.29 is 9.53 Å². The molecule has 142 valence electrons. The minimum Gasteiger partial charge on any atom is -0.379 e. The third-order valence-corrected chi connectivity index (χ3v) is 4.83. The Bertz CT molecular complexity index is 765. The van der Waals surface area contributed by atoms with Gasteiger partial charge in [0.05, 0.1) is 19.4 Å². The molecule has 3 heterocycles. The molecule has 2 aromatic rings. The maximum Gasteiger partial charge on any atom is 0.256 e. The van der Waals surface area contributed by atoms with Gasteiger partial charge in [0.1, 0.15) is 5.56 Å². The second-order valence-electron chi connectivity index (χ2n) is 7.47. The van der Waals surface area contributed by atoms with Gasteiger partial charge in [-0.25, -0.2) is 9.50 Å². The molecule has 1 amide bonds. The Morgan fingerprint density at radius 2 is 2.04 bits per heavy atom. The number of nitrogens with one attached hydrogen (secondary N) is 1. The van der Waals surface area contributed by atoms with E-state index in [1.165, 1.54) is 0 Å². The zero-order valence-electron chi connectivity index (χ0n) is 16.2.